The first-order chi connectivity index (χ1) is 9.21. The van der Waals surface area contributed by atoms with Crippen LogP contribution in [0.5, 0.6) is 5.75 Å². The van der Waals surface area contributed by atoms with Crippen LogP contribution in [0.2, 0.25) is 0 Å². The average Bonchev–Trinajstić information content (AvgIpc) is 2.47. The topological polar surface area (TPSA) is 45.1 Å². The molecule has 1 aromatic carbocycles. The molecular formula is C15H24N2O2. The van der Waals surface area contributed by atoms with Crippen LogP contribution in [0.15, 0.2) is 29.4 Å². The summed E-state index contributed by atoms with van der Waals surface area (Å²) in [6.45, 7) is 10.1. The molecule has 0 amide bonds. The lowest BCUT2D eigenvalue weighted by Gasteiger charge is -2.17. The van der Waals surface area contributed by atoms with Gasteiger partial charge >= 0.3 is 0 Å². The third-order valence-electron chi connectivity index (χ3n) is 3.20. The van der Waals surface area contributed by atoms with Crippen LogP contribution < -0.4 is 4.74 Å². The van der Waals surface area contributed by atoms with Gasteiger partial charge in [0, 0.05) is 6.54 Å². The molecule has 4 nitrogen and oxygen atoms in total. The van der Waals surface area contributed by atoms with E-state index in [9.17, 15) is 0 Å². The molecule has 0 saturated carbocycles. The summed E-state index contributed by atoms with van der Waals surface area (Å²) in [6.07, 6.45) is 1.03. The normalized spacial score (nSPS) is 11.9. The lowest BCUT2D eigenvalue weighted by molar-refractivity contribution is 0.249. The number of benzene rings is 1. The van der Waals surface area contributed by atoms with E-state index < -0.39 is 0 Å². The van der Waals surface area contributed by atoms with E-state index in [2.05, 4.69) is 23.9 Å². The van der Waals surface area contributed by atoms with E-state index in [0.717, 1.165) is 44.0 Å². The summed E-state index contributed by atoms with van der Waals surface area (Å²) in [5, 5.41) is 11.9. The van der Waals surface area contributed by atoms with Crippen LogP contribution in [0, 0.1) is 0 Å². The largest absolute Gasteiger partial charge is 0.494 e. The molecule has 0 saturated heterocycles. The molecule has 1 aromatic rings. The Bertz CT molecular complexity index is 384. The Morgan fingerprint density at radius 1 is 1.21 bits per heavy atom. The van der Waals surface area contributed by atoms with Crippen LogP contribution in [0.25, 0.3) is 0 Å². The minimum atomic E-state index is 0.605. The lowest BCUT2D eigenvalue weighted by atomic mass is 10.1. The fourth-order valence-corrected chi connectivity index (χ4v) is 1.87. The molecule has 0 spiro atoms. The third-order valence-corrected chi connectivity index (χ3v) is 3.20. The van der Waals surface area contributed by atoms with Crippen molar-refractivity contribution in [3.8, 4) is 5.75 Å². The van der Waals surface area contributed by atoms with Gasteiger partial charge in [0.15, 0.2) is 0 Å². The van der Waals surface area contributed by atoms with Crippen molar-refractivity contribution in [2.45, 2.75) is 27.2 Å². The first-order valence-electron chi connectivity index (χ1n) is 6.85. The van der Waals surface area contributed by atoms with Gasteiger partial charge in [-0.2, -0.15) is 0 Å². The first kappa shape index (κ1) is 15.5. The highest BCUT2D eigenvalue weighted by Crippen LogP contribution is 2.13. The molecule has 0 radical (unpaired) electrons. The predicted octanol–water partition coefficient (Wildman–Crippen LogP) is 3.00. The third kappa shape index (κ3) is 5.30. The summed E-state index contributed by atoms with van der Waals surface area (Å²) in [4.78, 5) is 2.38. The highest BCUT2D eigenvalue weighted by Gasteiger charge is 2.01. The molecule has 1 rings (SSSR count). The van der Waals surface area contributed by atoms with Gasteiger partial charge in [-0.1, -0.05) is 19.0 Å². The van der Waals surface area contributed by atoms with Crippen molar-refractivity contribution < 1.29 is 9.94 Å². The molecule has 0 unspecified atom stereocenters. The van der Waals surface area contributed by atoms with Gasteiger partial charge in [-0.3, -0.25) is 0 Å². The fraction of sp³-hybridized carbons (Fsp3) is 0.533. The second-order valence-corrected chi connectivity index (χ2v) is 4.44. The van der Waals surface area contributed by atoms with Gasteiger partial charge in [0.2, 0.25) is 0 Å². The van der Waals surface area contributed by atoms with Crippen LogP contribution in [0.1, 0.15) is 32.8 Å². The van der Waals surface area contributed by atoms with Crippen molar-refractivity contribution in [2.24, 2.45) is 5.16 Å². The summed E-state index contributed by atoms with van der Waals surface area (Å²) < 4.78 is 5.68. The Hall–Kier alpha value is -1.55. The monoisotopic (exact) mass is 264 g/mol. The summed E-state index contributed by atoms with van der Waals surface area (Å²) in [5.41, 5.74) is 1.51. The van der Waals surface area contributed by atoms with Gasteiger partial charge in [-0.05, 0) is 56.3 Å². The fourth-order valence-electron chi connectivity index (χ4n) is 1.87. The second kappa shape index (κ2) is 8.53. The molecule has 0 aliphatic rings. The average molecular weight is 264 g/mol. The van der Waals surface area contributed by atoms with Gasteiger partial charge in [0.25, 0.3) is 0 Å². The molecule has 19 heavy (non-hydrogen) atoms. The van der Waals surface area contributed by atoms with E-state index in [0.29, 0.717) is 5.71 Å². The molecule has 1 N–H and O–H groups in total. The Morgan fingerprint density at radius 2 is 1.84 bits per heavy atom. The number of rotatable bonds is 8. The SMILES string of the molecule is CCN(CC)CCCOc1ccc(C(C)=NO)cc1. The maximum atomic E-state index is 8.68. The zero-order valence-electron chi connectivity index (χ0n) is 12.1. The highest BCUT2D eigenvalue weighted by molar-refractivity contribution is 5.98. The number of hydrogen-bond acceptors (Lipinski definition) is 4. The highest BCUT2D eigenvalue weighted by atomic mass is 16.5. The summed E-state index contributed by atoms with van der Waals surface area (Å²) in [5.74, 6) is 0.856. The minimum absolute atomic E-state index is 0.605. The summed E-state index contributed by atoms with van der Waals surface area (Å²) in [7, 11) is 0. The Labute approximate surface area is 115 Å². The molecule has 0 aliphatic carbocycles. The van der Waals surface area contributed by atoms with Crippen molar-refractivity contribution >= 4 is 5.71 Å². The van der Waals surface area contributed by atoms with Gasteiger partial charge in [0.05, 0.1) is 12.3 Å². The predicted molar refractivity (Wildman–Crippen MR) is 78.3 cm³/mol. The Balaban J connectivity index is 2.34. The molecule has 0 aromatic heterocycles. The molecule has 0 atom stereocenters. The standard InChI is InChI=1S/C15H24N2O2/c1-4-17(5-2)11-6-12-19-15-9-7-14(8-10-15)13(3)16-18/h7-10,18H,4-6,11-12H2,1-3H3. The number of nitrogens with zero attached hydrogens (tertiary/aromatic N) is 2. The number of hydrogen-bond donors (Lipinski definition) is 1. The number of oxime groups is 1. The molecule has 0 fully saturated rings. The molecule has 0 heterocycles. The van der Waals surface area contributed by atoms with E-state index in [4.69, 9.17) is 9.94 Å². The second-order valence-electron chi connectivity index (χ2n) is 4.44. The molecule has 0 bridgehead atoms. The van der Waals surface area contributed by atoms with Gasteiger partial charge < -0.3 is 14.8 Å². The van der Waals surface area contributed by atoms with Crippen LogP contribution in [-0.4, -0.2) is 42.1 Å². The smallest absolute Gasteiger partial charge is 0.119 e. The molecule has 4 heteroatoms. The van der Waals surface area contributed by atoms with Crippen molar-refractivity contribution in [2.75, 3.05) is 26.2 Å². The van der Waals surface area contributed by atoms with Gasteiger partial charge in [0.1, 0.15) is 5.75 Å². The number of ether oxygens (including phenoxy) is 1. The first-order valence-corrected chi connectivity index (χ1v) is 6.85. The lowest BCUT2D eigenvalue weighted by Crippen LogP contribution is -2.25. The maximum Gasteiger partial charge on any atom is 0.119 e. The van der Waals surface area contributed by atoms with E-state index in [1.165, 1.54) is 0 Å². The summed E-state index contributed by atoms with van der Waals surface area (Å²) >= 11 is 0. The van der Waals surface area contributed by atoms with Crippen molar-refractivity contribution in [3.05, 3.63) is 29.8 Å². The summed E-state index contributed by atoms with van der Waals surface area (Å²) in [6, 6.07) is 7.60. The molecule has 0 aliphatic heterocycles. The molecular weight excluding hydrogens is 240 g/mol. The zero-order chi connectivity index (χ0) is 14.1. The zero-order valence-corrected chi connectivity index (χ0v) is 12.1. The van der Waals surface area contributed by atoms with Crippen molar-refractivity contribution in [1.29, 1.82) is 0 Å². The maximum absolute atomic E-state index is 8.68. The van der Waals surface area contributed by atoms with Gasteiger partial charge in [-0.15, -0.1) is 0 Å². The van der Waals surface area contributed by atoms with E-state index in [1.54, 1.807) is 6.92 Å². The van der Waals surface area contributed by atoms with E-state index in [-0.39, 0.29) is 0 Å². The van der Waals surface area contributed by atoms with Crippen LogP contribution in [-0.2, 0) is 0 Å². The van der Waals surface area contributed by atoms with Gasteiger partial charge in [-0.25, -0.2) is 0 Å². The van der Waals surface area contributed by atoms with Crippen LogP contribution >= 0.6 is 0 Å². The van der Waals surface area contributed by atoms with Crippen LogP contribution in [0.4, 0.5) is 0 Å². The van der Waals surface area contributed by atoms with Crippen LogP contribution in [0.3, 0.4) is 0 Å². The quantitative estimate of drug-likeness (QED) is 0.340. The van der Waals surface area contributed by atoms with E-state index >= 15 is 0 Å². The minimum Gasteiger partial charge on any atom is -0.494 e. The van der Waals surface area contributed by atoms with Crippen molar-refractivity contribution in [3.63, 3.8) is 0 Å². The van der Waals surface area contributed by atoms with Crippen molar-refractivity contribution in [1.82, 2.24) is 4.90 Å². The van der Waals surface area contributed by atoms with E-state index in [1.807, 2.05) is 24.3 Å². The Morgan fingerprint density at radius 3 is 2.37 bits per heavy atom. The Kier molecular flexibility index (Phi) is 6.97. The molecule has 106 valence electrons.